The SMILES string of the molecule is NOC(=O)CN[I-](I)(I)NCC(=O)ON. The first kappa shape index (κ1) is 16.0. The van der Waals surface area contributed by atoms with Crippen molar-refractivity contribution in [2.45, 2.75) is 0 Å². The molecule has 15 heavy (non-hydrogen) atoms. The monoisotopic (exact) mass is 559 g/mol. The van der Waals surface area contributed by atoms with Crippen LogP contribution in [0.2, 0.25) is 0 Å². The molecule has 6 N–H and O–H groups in total. The van der Waals surface area contributed by atoms with Crippen LogP contribution in [0.25, 0.3) is 0 Å². The van der Waals surface area contributed by atoms with E-state index in [-0.39, 0.29) is 13.1 Å². The van der Waals surface area contributed by atoms with Gasteiger partial charge in [-0.3, -0.25) is 0 Å². The quantitative estimate of drug-likeness (QED) is 0.146. The topological polar surface area (TPSA) is 129 Å². The fourth-order valence-electron chi connectivity index (χ4n) is 0.408. The Kier molecular flexibility index (Phi) is 8.64. The van der Waals surface area contributed by atoms with Gasteiger partial charge >= 0.3 is 111 Å². The van der Waals surface area contributed by atoms with Crippen LogP contribution in [0, 0.1) is 0 Å². The normalized spacial score (nSPS) is 12.0. The van der Waals surface area contributed by atoms with Crippen LogP contribution in [0.4, 0.5) is 0 Å². The van der Waals surface area contributed by atoms with Crippen LogP contribution in [0.3, 0.4) is 0 Å². The standard InChI is InChI=1S/C4H10I3N4O4/c5-7(6,10-1-3(12)14-8)11-2-4(13)15-9/h10-11H,1-2,8-9H2/q-1. The van der Waals surface area contributed by atoms with E-state index in [4.69, 9.17) is 0 Å². The Balaban J connectivity index is 3.86. The van der Waals surface area contributed by atoms with Crippen molar-refractivity contribution in [2.75, 3.05) is 13.1 Å². The molecular formula is C4H10I3N4O4-. The van der Waals surface area contributed by atoms with E-state index >= 15 is 0 Å². The molecule has 0 aliphatic carbocycles. The Bertz CT molecular complexity index is 216. The van der Waals surface area contributed by atoms with Crippen molar-refractivity contribution < 1.29 is 30.3 Å². The van der Waals surface area contributed by atoms with Crippen molar-refractivity contribution in [3.8, 4) is 0 Å². The van der Waals surface area contributed by atoms with Gasteiger partial charge in [0.05, 0.1) is 0 Å². The molecule has 0 fully saturated rings. The third kappa shape index (κ3) is 8.74. The average molecular weight is 559 g/mol. The van der Waals surface area contributed by atoms with E-state index in [0.717, 1.165) is 0 Å². The van der Waals surface area contributed by atoms with Gasteiger partial charge in [0.25, 0.3) is 0 Å². The number of hydrogen-bond acceptors (Lipinski definition) is 8. The Labute approximate surface area is 110 Å². The van der Waals surface area contributed by atoms with Gasteiger partial charge in [0, 0.05) is 0 Å². The molecular weight excluding hydrogens is 549 g/mol. The van der Waals surface area contributed by atoms with Crippen LogP contribution >= 0.6 is 37.2 Å². The van der Waals surface area contributed by atoms with Crippen LogP contribution < -0.4 is 29.9 Å². The van der Waals surface area contributed by atoms with Crippen LogP contribution in [0.15, 0.2) is 0 Å². The van der Waals surface area contributed by atoms with Crippen molar-refractivity contribution in [3.63, 3.8) is 0 Å². The predicted octanol–water partition coefficient (Wildman–Crippen LogP) is -4.31. The minimum atomic E-state index is -2.56. The summed E-state index contributed by atoms with van der Waals surface area (Å²) in [6, 6.07) is 0. The van der Waals surface area contributed by atoms with Crippen LogP contribution in [0.1, 0.15) is 0 Å². The number of halogens is 3. The number of carbonyl (C=O) groups is 2. The molecule has 0 saturated carbocycles. The van der Waals surface area contributed by atoms with E-state index in [1.807, 2.05) is 0 Å². The molecule has 8 nitrogen and oxygen atoms in total. The second-order valence-corrected chi connectivity index (χ2v) is 32.9. The van der Waals surface area contributed by atoms with Gasteiger partial charge < -0.3 is 0 Å². The fourth-order valence-corrected chi connectivity index (χ4v) is 6.13. The van der Waals surface area contributed by atoms with Gasteiger partial charge in [-0.05, 0) is 0 Å². The average Bonchev–Trinajstić information content (AvgIpc) is 2.22. The first-order valence-electron chi connectivity index (χ1n) is 3.37. The summed E-state index contributed by atoms with van der Waals surface area (Å²) in [6.45, 7) is -0.0205. The van der Waals surface area contributed by atoms with Gasteiger partial charge in [-0.2, -0.15) is 0 Å². The third-order valence-electron chi connectivity index (χ3n) is 1.02. The molecule has 0 aromatic heterocycles. The first-order chi connectivity index (χ1) is 6.91. The van der Waals surface area contributed by atoms with Gasteiger partial charge in [-0.1, -0.05) is 0 Å². The summed E-state index contributed by atoms with van der Waals surface area (Å²) in [7, 11) is 0. The van der Waals surface area contributed by atoms with Crippen molar-refractivity contribution in [2.24, 2.45) is 11.8 Å². The summed E-state index contributed by atoms with van der Waals surface area (Å²) in [5.74, 6) is 8.18. The maximum absolute atomic E-state index is 10.7. The summed E-state index contributed by atoms with van der Waals surface area (Å²) in [6.07, 6.45) is 0. The van der Waals surface area contributed by atoms with E-state index in [1.54, 1.807) is 0 Å². The maximum atomic E-state index is 10.7. The summed E-state index contributed by atoms with van der Waals surface area (Å²) in [4.78, 5) is 29.4. The van der Waals surface area contributed by atoms with Crippen molar-refractivity contribution >= 4 is 49.2 Å². The molecule has 0 unspecified atom stereocenters. The fraction of sp³-hybridized carbons (Fsp3) is 0.500. The summed E-state index contributed by atoms with van der Waals surface area (Å²) >= 11 is 1.69. The van der Waals surface area contributed by atoms with Gasteiger partial charge in [-0.15, -0.1) is 0 Å². The van der Waals surface area contributed by atoms with E-state index in [1.165, 1.54) is 0 Å². The van der Waals surface area contributed by atoms with Gasteiger partial charge in [0.15, 0.2) is 0 Å². The van der Waals surface area contributed by atoms with E-state index in [2.05, 4.69) is 65.8 Å². The summed E-state index contributed by atoms with van der Waals surface area (Å²) < 4.78 is 5.86. The molecule has 0 spiro atoms. The molecule has 0 aromatic carbocycles. The molecule has 0 radical (unpaired) electrons. The molecule has 0 heterocycles. The van der Waals surface area contributed by atoms with E-state index in [9.17, 15) is 9.59 Å². The van der Waals surface area contributed by atoms with E-state index in [0.29, 0.717) is 0 Å². The second-order valence-electron chi connectivity index (χ2n) is 2.03. The van der Waals surface area contributed by atoms with Crippen molar-refractivity contribution in [1.82, 2.24) is 7.06 Å². The molecule has 0 amide bonds. The Morgan fingerprint density at radius 3 is 1.67 bits per heavy atom. The van der Waals surface area contributed by atoms with Crippen LogP contribution in [0.5, 0.6) is 0 Å². The zero-order valence-electron chi connectivity index (χ0n) is 7.34. The van der Waals surface area contributed by atoms with Gasteiger partial charge in [0.1, 0.15) is 0 Å². The molecule has 0 saturated heterocycles. The van der Waals surface area contributed by atoms with Crippen molar-refractivity contribution in [1.29, 1.82) is 0 Å². The number of nitrogens with two attached hydrogens (primary N) is 2. The number of hydrogen-bond donors (Lipinski definition) is 4. The molecule has 92 valence electrons. The molecule has 11 heteroatoms. The Hall–Kier alpha value is 0.970. The van der Waals surface area contributed by atoms with Crippen LogP contribution in [-0.2, 0) is 19.3 Å². The van der Waals surface area contributed by atoms with Crippen LogP contribution in [-0.4, -0.2) is 25.0 Å². The molecule has 0 bridgehead atoms. The molecule has 0 aliphatic heterocycles. The van der Waals surface area contributed by atoms with Crippen molar-refractivity contribution in [3.05, 3.63) is 0 Å². The molecule has 0 aliphatic rings. The van der Waals surface area contributed by atoms with Gasteiger partial charge in [-0.25, -0.2) is 0 Å². The summed E-state index contributed by atoms with van der Waals surface area (Å²) in [5.41, 5.74) is 0. The number of nitrogens with one attached hydrogen (secondary N) is 2. The zero-order valence-corrected chi connectivity index (χ0v) is 13.8. The first-order valence-corrected chi connectivity index (χ1v) is 18.1. The Morgan fingerprint density at radius 2 is 1.40 bits per heavy atom. The molecule has 0 atom stereocenters. The zero-order chi connectivity index (χ0) is 11.9. The second kappa shape index (κ2) is 8.12. The molecule has 0 aromatic rings. The van der Waals surface area contributed by atoms with E-state index < -0.39 is 23.0 Å². The molecule has 0 rings (SSSR count). The Morgan fingerprint density at radius 1 is 1.07 bits per heavy atom. The van der Waals surface area contributed by atoms with Gasteiger partial charge in [0.2, 0.25) is 0 Å². The number of rotatable bonds is 6. The summed E-state index contributed by atoms with van der Waals surface area (Å²) in [5, 5.41) is 0. The predicted molar refractivity (Wildman–Crippen MR) is 64.6 cm³/mol. The minimum absolute atomic E-state index is 0.0102. The number of carbonyl (C=O) groups excluding carboxylic acids is 2. The third-order valence-corrected chi connectivity index (χ3v) is 11.4.